The molecule has 0 saturated carbocycles. The van der Waals surface area contributed by atoms with Gasteiger partial charge in [0.25, 0.3) is 11.8 Å². The van der Waals surface area contributed by atoms with E-state index >= 15 is 0 Å². The summed E-state index contributed by atoms with van der Waals surface area (Å²) in [5.41, 5.74) is 0.462. The number of benzene rings is 1. The van der Waals surface area contributed by atoms with Gasteiger partial charge in [0, 0.05) is 12.2 Å². The summed E-state index contributed by atoms with van der Waals surface area (Å²) in [6, 6.07) is 8.49. The van der Waals surface area contributed by atoms with Gasteiger partial charge >= 0.3 is 0 Å². The molecule has 0 aliphatic carbocycles. The summed E-state index contributed by atoms with van der Waals surface area (Å²) in [4.78, 5) is 26.8. The van der Waals surface area contributed by atoms with Gasteiger partial charge in [0.05, 0.1) is 6.04 Å². The van der Waals surface area contributed by atoms with E-state index in [2.05, 4.69) is 31.4 Å². The van der Waals surface area contributed by atoms with Crippen LogP contribution in [0.15, 0.2) is 45.5 Å². The molecule has 7 nitrogen and oxygen atoms in total. The van der Waals surface area contributed by atoms with Crippen LogP contribution in [0.3, 0.4) is 0 Å². The molecule has 2 aromatic heterocycles. The number of likely N-dealkylation sites (tertiary alicyclic amines) is 1. The van der Waals surface area contributed by atoms with Crippen LogP contribution in [0.4, 0.5) is 10.1 Å². The molecule has 28 heavy (non-hydrogen) atoms. The van der Waals surface area contributed by atoms with Crippen LogP contribution >= 0.6 is 27.3 Å². The highest BCUT2D eigenvalue weighted by Gasteiger charge is 2.34. The lowest BCUT2D eigenvalue weighted by Crippen LogP contribution is -2.30. The smallest absolute Gasteiger partial charge is 0.290 e. The van der Waals surface area contributed by atoms with Crippen molar-refractivity contribution in [1.82, 2.24) is 15.1 Å². The molecule has 1 fully saturated rings. The number of carbonyl (C=O) groups excluding carboxylic acids is 2. The summed E-state index contributed by atoms with van der Waals surface area (Å²) in [6.45, 7) is 0.582. The van der Waals surface area contributed by atoms with Gasteiger partial charge in [-0.05, 0) is 65.2 Å². The van der Waals surface area contributed by atoms with Crippen LogP contribution in [-0.2, 0) is 0 Å². The average molecular weight is 465 g/mol. The molecule has 1 aliphatic rings. The molecule has 1 aliphatic heterocycles. The average Bonchev–Trinajstić information content (AvgIpc) is 3.42. The fourth-order valence-electron chi connectivity index (χ4n) is 3.02. The minimum atomic E-state index is -0.429. The molecular formula is C18H14BrFN4O3S. The lowest BCUT2D eigenvalue weighted by atomic mass is 10.2. The van der Waals surface area contributed by atoms with Crippen LogP contribution in [0.25, 0.3) is 0 Å². The Labute approximate surface area is 171 Å². The molecule has 0 bridgehead atoms. The number of hydrogen-bond acceptors (Lipinski definition) is 6. The van der Waals surface area contributed by atoms with E-state index < -0.39 is 5.91 Å². The summed E-state index contributed by atoms with van der Waals surface area (Å²) >= 11 is 4.34. The SMILES string of the molecule is O=C(Nc1ccc(F)cc1)c1nnc([C@@H]2CCCN2C(=O)c2ccc(Br)o2)s1. The quantitative estimate of drug-likeness (QED) is 0.622. The number of nitrogens with zero attached hydrogens (tertiary/aromatic N) is 3. The predicted octanol–water partition coefficient (Wildman–Crippen LogP) is 4.26. The Morgan fingerprint density at radius 3 is 2.71 bits per heavy atom. The molecule has 0 radical (unpaired) electrons. The summed E-state index contributed by atoms with van der Waals surface area (Å²) < 4.78 is 18.8. The molecule has 4 rings (SSSR count). The zero-order valence-electron chi connectivity index (χ0n) is 14.4. The van der Waals surface area contributed by atoms with Crippen molar-refractivity contribution in [3.05, 3.63) is 62.7 Å². The highest BCUT2D eigenvalue weighted by Crippen LogP contribution is 2.35. The Morgan fingerprint density at radius 2 is 2.00 bits per heavy atom. The van der Waals surface area contributed by atoms with E-state index in [0.29, 0.717) is 21.9 Å². The van der Waals surface area contributed by atoms with Crippen molar-refractivity contribution >= 4 is 44.8 Å². The fraction of sp³-hybridized carbons (Fsp3) is 0.222. The Hall–Kier alpha value is -2.59. The first-order valence-electron chi connectivity index (χ1n) is 8.48. The summed E-state index contributed by atoms with van der Waals surface area (Å²) in [6.07, 6.45) is 1.57. The zero-order chi connectivity index (χ0) is 19.7. The standard InChI is InChI=1S/C18H14BrFN4O3S/c19-14-8-7-13(27-14)18(26)24-9-1-2-12(24)16-22-23-17(28-16)15(25)21-11-5-3-10(20)4-6-11/h3-8,12H,1-2,9H2,(H,21,25)/t12-/m0/s1. The number of furan rings is 1. The maximum Gasteiger partial charge on any atom is 0.290 e. The van der Waals surface area contributed by atoms with Crippen molar-refractivity contribution in [3.63, 3.8) is 0 Å². The van der Waals surface area contributed by atoms with Crippen molar-refractivity contribution in [1.29, 1.82) is 0 Å². The minimum Gasteiger partial charge on any atom is -0.444 e. The van der Waals surface area contributed by atoms with Crippen molar-refractivity contribution in [2.45, 2.75) is 18.9 Å². The Morgan fingerprint density at radius 1 is 1.21 bits per heavy atom. The monoisotopic (exact) mass is 464 g/mol. The van der Waals surface area contributed by atoms with E-state index in [0.717, 1.165) is 24.2 Å². The number of hydrogen-bond donors (Lipinski definition) is 1. The Bertz CT molecular complexity index is 1020. The van der Waals surface area contributed by atoms with Gasteiger partial charge in [0.15, 0.2) is 10.4 Å². The Balaban J connectivity index is 1.49. The molecule has 1 aromatic carbocycles. The van der Waals surface area contributed by atoms with Crippen LogP contribution in [0, 0.1) is 5.82 Å². The van der Waals surface area contributed by atoms with Gasteiger partial charge in [-0.15, -0.1) is 10.2 Å². The normalized spacial score (nSPS) is 16.4. The maximum atomic E-state index is 13.0. The van der Waals surface area contributed by atoms with E-state index in [-0.39, 0.29) is 28.5 Å². The molecule has 1 N–H and O–H groups in total. The van der Waals surface area contributed by atoms with Gasteiger partial charge in [-0.3, -0.25) is 9.59 Å². The van der Waals surface area contributed by atoms with Crippen LogP contribution in [0.5, 0.6) is 0 Å². The number of amides is 2. The van der Waals surface area contributed by atoms with Crippen LogP contribution < -0.4 is 5.32 Å². The van der Waals surface area contributed by atoms with Crippen molar-refractivity contribution in [2.75, 3.05) is 11.9 Å². The largest absolute Gasteiger partial charge is 0.444 e. The highest BCUT2D eigenvalue weighted by atomic mass is 79.9. The first-order valence-corrected chi connectivity index (χ1v) is 10.1. The number of aromatic nitrogens is 2. The summed E-state index contributed by atoms with van der Waals surface area (Å²) in [5, 5.41) is 11.5. The number of carbonyl (C=O) groups is 2. The van der Waals surface area contributed by atoms with E-state index in [1.54, 1.807) is 17.0 Å². The van der Waals surface area contributed by atoms with E-state index in [9.17, 15) is 14.0 Å². The first-order chi connectivity index (χ1) is 13.5. The second-order valence-corrected chi connectivity index (χ2v) is 7.96. The predicted molar refractivity (Wildman–Crippen MR) is 104 cm³/mol. The molecule has 0 unspecified atom stereocenters. The lowest BCUT2D eigenvalue weighted by Gasteiger charge is -2.21. The molecule has 2 amide bonds. The Kier molecular flexibility index (Phi) is 5.23. The second-order valence-electron chi connectivity index (χ2n) is 6.17. The summed E-state index contributed by atoms with van der Waals surface area (Å²) in [5.74, 6) is -0.787. The third-order valence-electron chi connectivity index (χ3n) is 4.32. The summed E-state index contributed by atoms with van der Waals surface area (Å²) in [7, 11) is 0. The minimum absolute atomic E-state index is 0.180. The van der Waals surface area contributed by atoms with Crippen molar-refractivity contribution < 1.29 is 18.4 Å². The molecule has 3 aromatic rings. The number of halogens is 2. The van der Waals surface area contributed by atoms with Crippen LogP contribution in [0.1, 0.15) is 44.2 Å². The van der Waals surface area contributed by atoms with Crippen molar-refractivity contribution in [3.8, 4) is 0 Å². The number of anilines is 1. The van der Waals surface area contributed by atoms with Gasteiger partial charge in [0.1, 0.15) is 10.8 Å². The van der Waals surface area contributed by atoms with Gasteiger partial charge in [-0.1, -0.05) is 11.3 Å². The molecular weight excluding hydrogens is 451 g/mol. The molecule has 0 spiro atoms. The number of rotatable bonds is 4. The number of nitrogens with one attached hydrogen (secondary N) is 1. The highest BCUT2D eigenvalue weighted by molar-refractivity contribution is 9.10. The molecule has 1 saturated heterocycles. The third kappa shape index (κ3) is 3.83. The van der Waals surface area contributed by atoms with Gasteiger partial charge in [-0.25, -0.2) is 4.39 Å². The molecule has 3 heterocycles. The van der Waals surface area contributed by atoms with Gasteiger partial charge in [0.2, 0.25) is 5.01 Å². The lowest BCUT2D eigenvalue weighted by molar-refractivity contribution is 0.0701. The van der Waals surface area contributed by atoms with E-state index in [4.69, 9.17) is 4.42 Å². The van der Waals surface area contributed by atoms with Gasteiger partial charge < -0.3 is 14.6 Å². The molecule has 1 atom stereocenters. The fourth-order valence-corrected chi connectivity index (χ4v) is 4.21. The van der Waals surface area contributed by atoms with E-state index in [1.165, 1.54) is 24.3 Å². The molecule has 10 heteroatoms. The second kappa shape index (κ2) is 7.80. The molecule has 144 valence electrons. The first kappa shape index (κ1) is 18.8. The van der Waals surface area contributed by atoms with Crippen LogP contribution in [-0.4, -0.2) is 33.5 Å². The zero-order valence-corrected chi connectivity index (χ0v) is 16.8. The van der Waals surface area contributed by atoms with Gasteiger partial charge in [-0.2, -0.15) is 0 Å². The topological polar surface area (TPSA) is 88.3 Å². The van der Waals surface area contributed by atoms with Crippen LogP contribution in [0.2, 0.25) is 0 Å². The van der Waals surface area contributed by atoms with Crippen molar-refractivity contribution in [2.24, 2.45) is 0 Å². The van der Waals surface area contributed by atoms with E-state index in [1.807, 2.05) is 0 Å². The maximum absolute atomic E-state index is 13.0. The third-order valence-corrected chi connectivity index (χ3v) is 5.77.